The number of carbonyl (C=O) groups is 1. The monoisotopic (exact) mass is 298 g/mol. The summed E-state index contributed by atoms with van der Waals surface area (Å²) in [5.74, 6) is 0.748. The van der Waals surface area contributed by atoms with Crippen LogP contribution in [-0.2, 0) is 4.79 Å². The van der Waals surface area contributed by atoms with Gasteiger partial charge in [-0.25, -0.2) is 0 Å². The van der Waals surface area contributed by atoms with Gasteiger partial charge >= 0.3 is 0 Å². The summed E-state index contributed by atoms with van der Waals surface area (Å²) in [6.45, 7) is 4.88. The molecular formula is C15H23ClN2O2. The number of carbonyl (C=O) groups excluding carboxylic acids is 1. The molecule has 0 bridgehead atoms. The molecule has 1 aromatic rings. The minimum Gasteiger partial charge on any atom is -0.490 e. The molecule has 0 aromatic heterocycles. The van der Waals surface area contributed by atoms with Gasteiger partial charge in [0.05, 0.1) is 17.6 Å². The molecule has 20 heavy (non-hydrogen) atoms. The van der Waals surface area contributed by atoms with Crippen LogP contribution in [0.2, 0.25) is 5.02 Å². The standard InChI is InChI=1S/C15H23ClN2O2/c1-4-11(2)14(17)15(19)18(3)9-10-20-13-8-6-5-7-12(13)16/h5-8,11,14H,4,9-10,17H2,1-3H3/t11-,14-/m0/s1. The van der Waals surface area contributed by atoms with Crippen LogP contribution in [0.5, 0.6) is 5.75 Å². The van der Waals surface area contributed by atoms with Crippen LogP contribution >= 0.6 is 11.6 Å². The summed E-state index contributed by atoms with van der Waals surface area (Å²) in [7, 11) is 1.74. The highest BCUT2D eigenvalue weighted by Gasteiger charge is 2.22. The topological polar surface area (TPSA) is 55.6 Å². The van der Waals surface area contributed by atoms with Crippen LogP contribution in [-0.4, -0.2) is 37.0 Å². The molecule has 0 saturated carbocycles. The lowest BCUT2D eigenvalue weighted by Gasteiger charge is -2.24. The van der Waals surface area contributed by atoms with Crippen molar-refractivity contribution in [3.8, 4) is 5.75 Å². The van der Waals surface area contributed by atoms with E-state index in [-0.39, 0.29) is 11.8 Å². The average molecular weight is 299 g/mol. The molecule has 0 radical (unpaired) electrons. The molecule has 5 heteroatoms. The lowest BCUT2D eigenvalue weighted by atomic mass is 9.99. The van der Waals surface area contributed by atoms with Crippen LogP contribution in [0.15, 0.2) is 24.3 Å². The predicted molar refractivity (Wildman–Crippen MR) is 82.0 cm³/mol. The molecule has 4 nitrogen and oxygen atoms in total. The summed E-state index contributed by atoms with van der Waals surface area (Å²) in [5.41, 5.74) is 5.93. The van der Waals surface area contributed by atoms with Gasteiger partial charge in [0.2, 0.25) is 5.91 Å². The second-order valence-corrected chi connectivity index (χ2v) is 5.36. The van der Waals surface area contributed by atoms with Gasteiger partial charge in [-0.3, -0.25) is 4.79 Å². The van der Waals surface area contributed by atoms with Crippen molar-refractivity contribution < 1.29 is 9.53 Å². The molecule has 0 spiro atoms. The molecule has 2 atom stereocenters. The third kappa shape index (κ3) is 4.69. The van der Waals surface area contributed by atoms with Crippen molar-refractivity contribution in [1.82, 2.24) is 4.90 Å². The molecule has 0 aliphatic carbocycles. The van der Waals surface area contributed by atoms with E-state index in [1.807, 2.05) is 26.0 Å². The normalized spacial score (nSPS) is 13.7. The summed E-state index contributed by atoms with van der Waals surface area (Å²) in [4.78, 5) is 13.7. The van der Waals surface area contributed by atoms with E-state index in [0.29, 0.717) is 23.9 Å². The van der Waals surface area contributed by atoms with E-state index in [9.17, 15) is 4.79 Å². The smallest absolute Gasteiger partial charge is 0.239 e. The van der Waals surface area contributed by atoms with Crippen molar-refractivity contribution in [3.05, 3.63) is 29.3 Å². The number of nitrogens with zero attached hydrogens (tertiary/aromatic N) is 1. The Hall–Kier alpha value is -1.26. The SMILES string of the molecule is CC[C@H](C)[C@H](N)C(=O)N(C)CCOc1ccccc1Cl. The zero-order valence-corrected chi connectivity index (χ0v) is 13.1. The minimum atomic E-state index is -0.453. The highest BCUT2D eigenvalue weighted by atomic mass is 35.5. The fraction of sp³-hybridized carbons (Fsp3) is 0.533. The van der Waals surface area contributed by atoms with Gasteiger partial charge in [-0.15, -0.1) is 0 Å². The molecule has 1 amide bonds. The number of hydrogen-bond donors (Lipinski definition) is 1. The summed E-state index contributed by atoms with van der Waals surface area (Å²) in [6, 6.07) is 6.82. The number of rotatable bonds is 7. The molecule has 112 valence electrons. The van der Waals surface area contributed by atoms with E-state index in [1.54, 1.807) is 24.1 Å². The van der Waals surface area contributed by atoms with Crippen molar-refractivity contribution in [3.63, 3.8) is 0 Å². The number of halogens is 1. The molecule has 0 fully saturated rings. The first-order valence-electron chi connectivity index (χ1n) is 6.85. The minimum absolute atomic E-state index is 0.0536. The van der Waals surface area contributed by atoms with Gasteiger partial charge in [-0.05, 0) is 18.1 Å². The van der Waals surface area contributed by atoms with Crippen molar-refractivity contribution in [2.75, 3.05) is 20.2 Å². The van der Waals surface area contributed by atoms with Crippen LogP contribution < -0.4 is 10.5 Å². The number of likely N-dealkylation sites (N-methyl/N-ethyl adjacent to an activating group) is 1. The van der Waals surface area contributed by atoms with E-state index < -0.39 is 6.04 Å². The molecule has 0 aliphatic rings. The third-order valence-electron chi connectivity index (χ3n) is 3.44. The zero-order valence-electron chi connectivity index (χ0n) is 12.3. The first-order valence-corrected chi connectivity index (χ1v) is 7.23. The summed E-state index contributed by atoms with van der Waals surface area (Å²) in [5, 5.41) is 0.567. The molecule has 0 heterocycles. The van der Waals surface area contributed by atoms with Crippen molar-refractivity contribution in [1.29, 1.82) is 0 Å². The molecular weight excluding hydrogens is 276 g/mol. The van der Waals surface area contributed by atoms with Gasteiger partial charge in [0.1, 0.15) is 12.4 Å². The Morgan fingerprint density at radius 1 is 1.45 bits per heavy atom. The van der Waals surface area contributed by atoms with Crippen LogP contribution in [0.1, 0.15) is 20.3 Å². The summed E-state index contributed by atoms with van der Waals surface area (Å²) in [6.07, 6.45) is 0.886. The van der Waals surface area contributed by atoms with Crippen LogP contribution in [0.3, 0.4) is 0 Å². The molecule has 1 aromatic carbocycles. The quantitative estimate of drug-likeness (QED) is 0.841. The van der Waals surface area contributed by atoms with Gasteiger partial charge in [0.25, 0.3) is 0 Å². The fourth-order valence-corrected chi connectivity index (χ4v) is 1.91. The van der Waals surface area contributed by atoms with Crippen LogP contribution in [0.4, 0.5) is 0 Å². The van der Waals surface area contributed by atoms with E-state index in [2.05, 4.69) is 0 Å². The van der Waals surface area contributed by atoms with Gasteiger partial charge < -0.3 is 15.4 Å². The Bertz CT molecular complexity index is 440. The summed E-state index contributed by atoms with van der Waals surface area (Å²) < 4.78 is 5.56. The maximum Gasteiger partial charge on any atom is 0.239 e. The Kier molecular flexibility index (Phi) is 6.82. The summed E-state index contributed by atoms with van der Waals surface area (Å²) >= 11 is 5.99. The number of nitrogens with two attached hydrogens (primary N) is 1. The predicted octanol–water partition coefficient (Wildman–Crippen LogP) is 2.55. The van der Waals surface area contributed by atoms with E-state index in [4.69, 9.17) is 22.1 Å². The fourth-order valence-electron chi connectivity index (χ4n) is 1.72. The molecule has 0 saturated heterocycles. The van der Waals surface area contributed by atoms with Crippen molar-refractivity contribution >= 4 is 17.5 Å². The van der Waals surface area contributed by atoms with Crippen LogP contribution in [0, 0.1) is 5.92 Å². The molecule has 0 aliphatic heterocycles. The highest BCUT2D eigenvalue weighted by Crippen LogP contribution is 2.22. The Morgan fingerprint density at radius 3 is 2.70 bits per heavy atom. The maximum atomic E-state index is 12.1. The number of ether oxygens (including phenoxy) is 1. The number of para-hydroxylation sites is 1. The third-order valence-corrected chi connectivity index (χ3v) is 3.75. The van der Waals surface area contributed by atoms with E-state index in [0.717, 1.165) is 6.42 Å². The second-order valence-electron chi connectivity index (χ2n) is 4.95. The maximum absolute atomic E-state index is 12.1. The zero-order chi connectivity index (χ0) is 15.1. The van der Waals surface area contributed by atoms with E-state index in [1.165, 1.54) is 0 Å². The Balaban J connectivity index is 2.42. The largest absolute Gasteiger partial charge is 0.490 e. The lowest BCUT2D eigenvalue weighted by molar-refractivity contribution is -0.132. The molecule has 0 unspecified atom stereocenters. The van der Waals surface area contributed by atoms with E-state index >= 15 is 0 Å². The van der Waals surface area contributed by atoms with Gasteiger partial charge in [0.15, 0.2) is 0 Å². The van der Waals surface area contributed by atoms with Crippen molar-refractivity contribution in [2.24, 2.45) is 11.7 Å². The first kappa shape index (κ1) is 16.8. The Morgan fingerprint density at radius 2 is 2.10 bits per heavy atom. The first-order chi connectivity index (χ1) is 9.47. The number of benzene rings is 1. The lowest BCUT2D eigenvalue weighted by Crippen LogP contribution is -2.46. The van der Waals surface area contributed by atoms with Crippen molar-refractivity contribution in [2.45, 2.75) is 26.3 Å². The van der Waals surface area contributed by atoms with Gasteiger partial charge in [-0.1, -0.05) is 44.0 Å². The van der Waals surface area contributed by atoms with Gasteiger partial charge in [0, 0.05) is 7.05 Å². The Labute approximate surface area is 125 Å². The van der Waals surface area contributed by atoms with Gasteiger partial charge in [-0.2, -0.15) is 0 Å². The number of amides is 1. The second kappa shape index (κ2) is 8.12. The average Bonchev–Trinajstić information content (AvgIpc) is 2.46. The van der Waals surface area contributed by atoms with Crippen LogP contribution in [0.25, 0.3) is 0 Å². The molecule has 2 N–H and O–H groups in total. The number of hydrogen-bond acceptors (Lipinski definition) is 3. The molecule has 1 rings (SSSR count). The highest BCUT2D eigenvalue weighted by molar-refractivity contribution is 6.32.